The van der Waals surface area contributed by atoms with Crippen LogP contribution in [0.4, 0.5) is 5.69 Å². The van der Waals surface area contributed by atoms with E-state index >= 15 is 0 Å². The maximum absolute atomic E-state index is 12.8. The monoisotopic (exact) mass is 421 g/mol. The zero-order chi connectivity index (χ0) is 21.7. The van der Waals surface area contributed by atoms with Crippen molar-refractivity contribution in [3.8, 4) is 0 Å². The van der Waals surface area contributed by atoms with Gasteiger partial charge in [0.15, 0.2) is 12.4 Å². The van der Waals surface area contributed by atoms with Gasteiger partial charge in [0.05, 0.1) is 5.56 Å². The van der Waals surface area contributed by atoms with E-state index in [0.29, 0.717) is 16.3 Å². The van der Waals surface area contributed by atoms with E-state index in [4.69, 9.17) is 16.3 Å². The molecule has 30 heavy (non-hydrogen) atoms. The highest BCUT2D eigenvalue weighted by Crippen LogP contribution is 2.20. The van der Waals surface area contributed by atoms with E-state index in [1.54, 1.807) is 48.5 Å². The van der Waals surface area contributed by atoms with Gasteiger partial charge in [0.2, 0.25) is 0 Å². The second kappa shape index (κ2) is 9.37. The molecule has 0 aliphatic heterocycles. The third-order valence-electron chi connectivity index (χ3n) is 4.50. The fraction of sp³-hybridized carbons (Fsp3) is 0.125. The number of aryl methyl sites for hydroxylation is 2. The zero-order valence-corrected chi connectivity index (χ0v) is 17.3. The number of amides is 1. The first-order valence-corrected chi connectivity index (χ1v) is 9.66. The van der Waals surface area contributed by atoms with Gasteiger partial charge in [0.1, 0.15) is 0 Å². The summed E-state index contributed by atoms with van der Waals surface area (Å²) in [4.78, 5) is 37.5. The lowest BCUT2D eigenvalue weighted by Gasteiger charge is -2.10. The lowest BCUT2D eigenvalue weighted by Crippen LogP contribution is -2.22. The molecule has 0 heterocycles. The van der Waals surface area contributed by atoms with Crippen LogP contribution in [0.25, 0.3) is 0 Å². The normalized spacial score (nSPS) is 10.4. The highest BCUT2D eigenvalue weighted by Gasteiger charge is 2.20. The fourth-order valence-electron chi connectivity index (χ4n) is 2.80. The molecule has 0 bridgehead atoms. The van der Waals surface area contributed by atoms with Gasteiger partial charge in [0.25, 0.3) is 5.91 Å². The standard InChI is InChI=1S/C24H20ClNO4/c1-15-7-10-17(11-8-15)23(28)19-5-3-4-6-20(19)24(29)30-14-22(27)26-18-12-9-16(2)21(25)13-18/h3-13H,14H2,1-2H3,(H,26,27). The molecule has 3 aromatic rings. The van der Waals surface area contributed by atoms with Crippen LogP contribution in [0.15, 0.2) is 66.7 Å². The number of nitrogens with one attached hydrogen (secondary N) is 1. The van der Waals surface area contributed by atoms with Gasteiger partial charge in [-0.05, 0) is 37.6 Å². The molecule has 0 saturated carbocycles. The molecule has 0 radical (unpaired) electrons. The number of esters is 1. The number of carbonyl (C=O) groups is 3. The van der Waals surface area contributed by atoms with Gasteiger partial charge in [-0.25, -0.2) is 4.79 Å². The second-order valence-corrected chi connectivity index (χ2v) is 7.24. The molecule has 0 aromatic heterocycles. The van der Waals surface area contributed by atoms with Gasteiger partial charge in [-0.2, -0.15) is 0 Å². The first kappa shape index (κ1) is 21.3. The van der Waals surface area contributed by atoms with Crippen LogP contribution in [0.2, 0.25) is 5.02 Å². The molecule has 1 amide bonds. The lowest BCUT2D eigenvalue weighted by atomic mass is 9.98. The van der Waals surface area contributed by atoms with Crippen molar-refractivity contribution in [3.63, 3.8) is 0 Å². The number of carbonyl (C=O) groups excluding carboxylic acids is 3. The van der Waals surface area contributed by atoms with E-state index in [1.165, 1.54) is 6.07 Å². The Kier molecular flexibility index (Phi) is 6.65. The molecule has 152 valence electrons. The van der Waals surface area contributed by atoms with Crippen molar-refractivity contribution in [2.75, 3.05) is 11.9 Å². The van der Waals surface area contributed by atoms with E-state index in [2.05, 4.69) is 5.32 Å². The minimum Gasteiger partial charge on any atom is -0.452 e. The maximum atomic E-state index is 12.8. The van der Waals surface area contributed by atoms with E-state index in [1.807, 2.05) is 26.0 Å². The predicted octanol–water partition coefficient (Wildman–Crippen LogP) is 4.98. The van der Waals surface area contributed by atoms with E-state index in [0.717, 1.165) is 11.1 Å². The van der Waals surface area contributed by atoms with Crippen molar-refractivity contribution >= 4 is 34.9 Å². The first-order chi connectivity index (χ1) is 14.3. The molecule has 5 nitrogen and oxygen atoms in total. The number of hydrogen-bond donors (Lipinski definition) is 1. The minimum atomic E-state index is -0.747. The average molecular weight is 422 g/mol. The summed E-state index contributed by atoms with van der Waals surface area (Å²) in [5.41, 5.74) is 3.21. The first-order valence-electron chi connectivity index (χ1n) is 9.28. The average Bonchev–Trinajstić information content (AvgIpc) is 2.74. The smallest absolute Gasteiger partial charge is 0.339 e. The summed E-state index contributed by atoms with van der Waals surface area (Å²) in [7, 11) is 0. The Labute approximate surface area is 179 Å². The van der Waals surface area contributed by atoms with Crippen LogP contribution < -0.4 is 5.32 Å². The van der Waals surface area contributed by atoms with Gasteiger partial charge < -0.3 is 10.1 Å². The quantitative estimate of drug-likeness (QED) is 0.450. The Hall–Kier alpha value is -3.44. The Morgan fingerprint density at radius 1 is 0.900 bits per heavy atom. The summed E-state index contributed by atoms with van der Waals surface area (Å²) in [5.74, 6) is -1.55. The number of halogens is 1. The van der Waals surface area contributed by atoms with E-state index < -0.39 is 18.5 Å². The lowest BCUT2D eigenvalue weighted by molar-refractivity contribution is -0.119. The van der Waals surface area contributed by atoms with Crippen LogP contribution in [0, 0.1) is 13.8 Å². The number of ether oxygens (including phenoxy) is 1. The molecule has 0 fully saturated rings. The zero-order valence-electron chi connectivity index (χ0n) is 16.6. The maximum Gasteiger partial charge on any atom is 0.339 e. The third-order valence-corrected chi connectivity index (χ3v) is 4.90. The highest BCUT2D eigenvalue weighted by molar-refractivity contribution is 6.31. The van der Waals surface area contributed by atoms with Crippen molar-refractivity contribution in [2.24, 2.45) is 0 Å². The molecule has 3 aromatic carbocycles. The van der Waals surface area contributed by atoms with Crippen LogP contribution in [0.3, 0.4) is 0 Å². The van der Waals surface area contributed by atoms with E-state index in [9.17, 15) is 14.4 Å². The Morgan fingerprint density at radius 3 is 2.23 bits per heavy atom. The van der Waals surface area contributed by atoms with Crippen molar-refractivity contribution in [1.82, 2.24) is 0 Å². The molecule has 3 rings (SSSR count). The summed E-state index contributed by atoms with van der Waals surface area (Å²) in [6.45, 7) is 3.29. The molecule has 0 atom stereocenters. The van der Waals surface area contributed by atoms with Gasteiger partial charge in [-0.15, -0.1) is 0 Å². The molecule has 1 N–H and O–H groups in total. The molecule has 0 spiro atoms. The number of ketones is 1. The van der Waals surface area contributed by atoms with Crippen molar-refractivity contribution in [2.45, 2.75) is 13.8 Å². The third kappa shape index (κ3) is 5.13. The molecule has 6 heteroatoms. The summed E-state index contributed by atoms with van der Waals surface area (Å²) >= 11 is 6.04. The minimum absolute atomic E-state index is 0.106. The molecule has 0 aliphatic carbocycles. The van der Waals surface area contributed by atoms with Crippen LogP contribution in [-0.2, 0) is 9.53 Å². The van der Waals surface area contributed by atoms with Crippen LogP contribution in [-0.4, -0.2) is 24.3 Å². The molecular weight excluding hydrogens is 402 g/mol. The van der Waals surface area contributed by atoms with Gasteiger partial charge >= 0.3 is 5.97 Å². The summed E-state index contributed by atoms with van der Waals surface area (Å²) in [5, 5.41) is 3.14. The Morgan fingerprint density at radius 2 is 1.57 bits per heavy atom. The molecule has 0 aliphatic rings. The van der Waals surface area contributed by atoms with Crippen LogP contribution in [0.5, 0.6) is 0 Å². The van der Waals surface area contributed by atoms with Gasteiger partial charge in [-0.3, -0.25) is 9.59 Å². The molecule has 0 unspecified atom stereocenters. The van der Waals surface area contributed by atoms with Crippen molar-refractivity contribution < 1.29 is 19.1 Å². The number of rotatable bonds is 6. The second-order valence-electron chi connectivity index (χ2n) is 6.83. The van der Waals surface area contributed by atoms with E-state index in [-0.39, 0.29) is 16.9 Å². The summed E-state index contributed by atoms with van der Waals surface area (Å²) in [6.07, 6.45) is 0. The Balaban J connectivity index is 1.68. The van der Waals surface area contributed by atoms with Crippen molar-refractivity contribution in [1.29, 1.82) is 0 Å². The van der Waals surface area contributed by atoms with Gasteiger partial charge in [-0.1, -0.05) is 65.7 Å². The van der Waals surface area contributed by atoms with Crippen LogP contribution >= 0.6 is 11.6 Å². The largest absolute Gasteiger partial charge is 0.452 e. The topological polar surface area (TPSA) is 72.5 Å². The van der Waals surface area contributed by atoms with Crippen LogP contribution in [0.1, 0.15) is 37.4 Å². The predicted molar refractivity (Wildman–Crippen MR) is 116 cm³/mol. The SMILES string of the molecule is Cc1ccc(C(=O)c2ccccc2C(=O)OCC(=O)Nc2ccc(C)c(Cl)c2)cc1. The highest BCUT2D eigenvalue weighted by atomic mass is 35.5. The summed E-state index contributed by atoms with van der Waals surface area (Å²) in [6, 6.07) is 18.5. The number of benzene rings is 3. The van der Waals surface area contributed by atoms with Crippen molar-refractivity contribution in [3.05, 3.63) is 99.6 Å². The number of anilines is 1. The molecular formula is C24H20ClNO4. The Bertz CT molecular complexity index is 1110. The molecule has 0 saturated heterocycles. The van der Waals surface area contributed by atoms with Gasteiger partial charge in [0, 0.05) is 21.8 Å². The summed E-state index contributed by atoms with van der Waals surface area (Å²) < 4.78 is 5.13. The number of hydrogen-bond acceptors (Lipinski definition) is 4. The fourth-order valence-corrected chi connectivity index (χ4v) is 2.98.